The highest BCUT2D eigenvalue weighted by Gasteiger charge is 2.49. The molecule has 0 saturated carbocycles. The van der Waals surface area contributed by atoms with Crippen molar-refractivity contribution in [2.45, 2.75) is 51.9 Å². The second-order valence-electron chi connectivity index (χ2n) is 8.26. The van der Waals surface area contributed by atoms with Gasteiger partial charge < -0.3 is 9.64 Å². The summed E-state index contributed by atoms with van der Waals surface area (Å²) >= 11 is 0. The normalized spacial score (nSPS) is 28.4. The molecular formula is C20H29NO2. The minimum atomic E-state index is -0.334. The third-order valence-corrected chi connectivity index (χ3v) is 5.94. The fourth-order valence-corrected chi connectivity index (χ4v) is 4.35. The SMILES string of the molecule is COc1ccc(C23CCCN(CCC(C(C)(C)C)C2)C3=O)cc1. The van der Waals surface area contributed by atoms with Crippen LogP contribution in [0.3, 0.4) is 0 Å². The zero-order chi connectivity index (χ0) is 16.7. The lowest BCUT2D eigenvalue weighted by Crippen LogP contribution is -2.50. The standard InChI is InChI=1S/C20H29NO2/c1-19(2,3)16-10-13-21-12-5-11-20(14-16,18(21)22)15-6-8-17(23-4)9-7-15/h6-9,16H,5,10-14H2,1-4H3. The number of piperidine rings is 1. The quantitative estimate of drug-likeness (QED) is 0.825. The first kappa shape index (κ1) is 16.4. The van der Waals surface area contributed by atoms with Crippen LogP contribution in [0.5, 0.6) is 5.75 Å². The van der Waals surface area contributed by atoms with Crippen LogP contribution in [0.4, 0.5) is 0 Å². The van der Waals surface area contributed by atoms with Crippen molar-refractivity contribution in [3.8, 4) is 5.75 Å². The zero-order valence-corrected chi connectivity index (χ0v) is 14.9. The van der Waals surface area contributed by atoms with Crippen LogP contribution in [0.1, 0.15) is 52.0 Å². The van der Waals surface area contributed by atoms with Gasteiger partial charge in [0, 0.05) is 13.1 Å². The summed E-state index contributed by atoms with van der Waals surface area (Å²) in [5, 5.41) is 0. The third kappa shape index (κ3) is 2.86. The van der Waals surface area contributed by atoms with Crippen LogP contribution in [0.2, 0.25) is 0 Å². The van der Waals surface area contributed by atoms with Crippen molar-refractivity contribution < 1.29 is 9.53 Å². The van der Waals surface area contributed by atoms with Crippen LogP contribution in [0.15, 0.2) is 24.3 Å². The molecule has 0 radical (unpaired) electrons. The number of nitrogens with zero attached hydrogens (tertiary/aromatic N) is 1. The summed E-state index contributed by atoms with van der Waals surface area (Å²) in [5.74, 6) is 1.77. The molecule has 2 atom stereocenters. The first-order valence-electron chi connectivity index (χ1n) is 8.81. The number of fused-ring (bicyclic) bond motifs is 2. The van der Waals surface area contributed by atoms with E-state index in [0.29, 0.717) is 11.8 Å². The van der Waals surface area contributed by atoms with E-state index in [9.17, 15) is 4.79 Å². The summed E-state index contributed by atoms with van der Waals surface area (Å²) < 4.78 is 5.29. The first-order valence-corrected chi connectivity index (χ1v) is 8.81. The van der Waals surface area contributed by atoms with Gasteiger partial charge in [0.05, 0.1) is 12.5 Å². The zero-order valence-electron chi connectivity index (χ0n) is 14.9. The molecule has 3 heteroatoms. The van der Waals surface area contributed by atoms with Crippen LogP contribution < -0.4 is 4.74 Å². The van der Waals surface area contributed by atoms with Crippen LogP contribution in [0.25, 0.3) is 0 Å². The van der Waals surface area contributed by atoms with Crippen LogP contribution in [-0.2, 0) is 10.2 Å². The Hall–Kier alpha value is -1.51. The molecule has 2 aliphatic heterocycles. The van der Waals surface area contributed by atoms with Gasteiger partial charge in [0.1, 0.15) is 5.75 Å². The van der Waals surface area contributed by atoms with Gasteiger partial charge in [-0.05, 0) is 54.7 Å². The van der Waals surface area contributed by atoms with E-state index in [1.54, 1.807) is 7.11 Å². The maximum atomic E-state index is 13.3. The molecule has 2 aliphatic rings. The average Bonchev–Trinajstić information content (AvgIpc) is 2.61. The highest BCUT2D eigenvalue weighted by atomic mass is 16.5. The minimum absolute atomic E-state index is 0.234. The van der Waals surface area contributed by atoms with E-state index in [4.69, 9.17) is 4.74 Å². The summed E-state index contributed by atoms with van der Waals surface area (Å²) in [6, 6.07) is 8.19. The van der Waals surface area contributed by atoms with Crippen molar-refractivity contribution in [1.82, 2.24) is 4.90 Å². The average molecular weight is 315 g/mol. The van der Waals surface area contributed by atoms with E-state index in [2.05, 4.69) is 37.8 Å². The number of ether oxygens (including phenoxy) is 1. The maximum absolute atomic E-state index is 13.3. The molecule has 2 unspecified atom stereocenters. The summed E-state index contributed by atoms with van der Waals surface area (Å²) in [4.78, 5) is 15.4. The van der Waals surface area contributed by atoms with Gasteiger partial charge in [0.2, 0.25) is 5.91 Å². The number of carbonyl (C=O) groups excluding carboxylic acids is 1. The molecule has 1 aromatic carbocycles. The lowest BCUT2D eigenvalue weighted by atomic mass is 9.64. The number of benzene rings is 1. The van der Waals surface area contributed by atoms with E-state index >= 15 is 0 Å². The Morgan fingerprint density at radius 3 is 2.48 bits per heavy atom. The Balaban J connectivity index is 2.03. The lowest BCUT2D eigenvalue weighted by Gasteiger charge is -2.42. The van der Waals surface area contributed by atoms with Gasteiger partial charge in [-0.3, -0.25) is 4.79 Å². The summed E-state index contributed by atoms with van der Waals surface area (Å²) in [6.07, 6.45) is 4.17. The van der Waals surface area contributed by atoms with Crippen molar-refractivity contribution in [1.29, 1.82) is 0 Å². The van der Waals surface area contributed by atoms with E-state index in [1.165, 1.54) is 5.56 Å². The molecule has 0 aromatic heterocycles. The number of carbonyl (C=O) groups is 1. The molecule has 2 saturated heterocycles. The summed E-state index contributed by atoms with van der Waals surface area (Å²) in [6.45, 7) is 8.78. The molecular weight excluding hydrogens is 286 g/mol. The van der Waals surface area contributed by atoms with E-state index in [0.717, 1.165) is 44.5 Å². The highest BCUT2D eigenvalue weighted by molar-refractivity contribution is 5.89. The third-order valence-electron chi connectivity index (χ3n) is 5.94. The number of methoxy groups -OCH3 is 1. The molecule has 126 valence electrons. The van der Waals surface area contributed by atoms with Crippen LogP contribution >= 0.6 is 0 Å². The van der Waals surface area contributed by atoms with Crippen molar-refractivity contribution in [3.05, 3.63) is 29.8 Å². The lowest BCUT2D eigenvalue weighted by molar-refractivity contribution is -0.140. The van der Waals surface area contributed by atoms with Crippen molar-refractivity contribution >= 4 is 5.91 Å². The molecule has 0 aliphatic carbocycles. The summed E-state index contributed by atoms with van der Waals surface area (Å²) in [5.41, 5.74) is 1.07. The molecule has 0 spiro atoms. The Labute approximate surface area is 140 Å². The molecule has 0 N–H and O–H groups in total. The molecule has 23 heavy (non-hydrogen) atoms. The maximum Gasteiger partial charge on any atom is 0.233 e. The van der Waals surface area contributed by atoms with E-state index < -0.39 is 0 Å². The van der Waals surface area contributed by atoms with E-state index in [1.807, 2.05) is 12.1 Å². The van der Waals surface area contributed by atoms with Gasteiger partial charge in [0.25, 0.3) is 0 Å². The Kier molecular flexibility index (Phi) is 4.16. The van der Waals surface area contributed by atoms with Crippen LogP contribution in [0, 0.1) is 11.3 Å². The fourth-order valence-electron chi connectivity index (χ4n) is 4.35. The molecule has 2 heterocycles. The van der Waals surface area contributed by atoms with Gasteiger partial charge in [-0.25, -0.2) is 0 Å². The molecule has 1 aromatic rings. The topological polar surface area (TPSA) is 29.5 Å². The van der Waals surface area contributed by atoms with Gasteiger partial charge >= 0.3 is 0 Å². The van der Waals surface area contributed by atoms with Crippen molar-refractivity contribution in [3.63, 3.8) is 0 Å². The first-order chi connectivity index (χ1) is 10.9. The number of hydrogen-bond donors (Lipinski definition) is 0. The smallest absolute Gasteiger partial charge is 0.233 e. The predicted octanol–water partition coefficient (Wildman–Crippen LogP) is 4.01. The van der Waals surface area contributed by atoms with Gasteiger partial charge in [-0.1, -0.05) is 32.9 Å². The Bertz CT molecular complexity index is 572. The minimum Gasteiger partial charge on any atom is -0.497 e. The second-order valence-corrected chi connectivity index (χ2v) is 8.26. The fraction of sp³-hybridized carbons (Fsp3) is 0.650. The van der Waals surface area contributed by atoms with Crippen molar-refractivity contribution in [2.75, 3.05) is 20.2 Å². The van der Waals surface area contributed by atoms with E-state index in [-0.39, 0.29) is 10.8 Å². The van der Waals surface area contributed by atoms with Crippen molar-refractivity contribution in [2.24, 2.45) is 11.3 Å². The van der Waals surface area contributed by atoms with Gasteiger partial charge in [0.15, 0.2) is 0 Å². The van der Waals surface area contributed by atoms with Gasteiger partial charge in [-0.15, -0.1) is 0 Å². The Morgan fingerprint density at radius 1 is 1.17 bits per heavy atom. The number of rotatable bonds is 2. The predicted molar refractivity (Wildman–Crippen MR) is 92.7 cm³/mol. The number of hydrogen-bond acceptors (Lipinski definition) is 2. The molecule has 2 fully saturated rings. The molecule has 2 bridgehead atoms. The monoisotopic (exact) mass is 315 g/mol. The van der Waals surface area contributed by atoms with Gasteiger partial charge in [-0.2, -0.15) is 0 Å². The molecule has 1 amide bonds. The molecule has 3 rings (SSSR count). The summed E-state index contributed by atoms with van der Waals surface area (Å²) in [7, 11) is 1.68. The molecule has 3 nitrogen and oxygen atoms in total. The largest absolute Gasteiger partial charge is 0.497 e. The number of amides is 1. The highest BCUT2D eigenvalue weighted by Crippen LogP contribution is 2.48. The second kappa shape index (κ2) is 5.85. The Morgan fingerprint density at radius 2 is 1.87 bits per heavy atom. The van der Waals surface area contributed by atoms with Crippen LogP contribution in [-0.4, -0.2) is 31.0 Å².